The lowest BCUT2D eigenvalue weighted by Gasteiger charge is -1.99. The van der Waals surface area contributed by atoms with Crippen LogP contribution in [0.25, 0.3) is 16.9 Å². The number of aromatic nitrogens is 5. The molecule has 0 aliphatic heterocycles. The van der Waals surface area contributed by atoms with E-state index in [0.717, 1.165) is 28.6 Å². The second-order valence-electron chi connectivity index (χ2n) is 6.55. The fourth-order valence-electron chi connectivity index (χ4n) is 3.11. The topological polar surface area (TPSA) is 48.0 Å². The Bertz CT molecular complexity index is 1050. The molecule has 4 aromatic rings. The maximum atomic E-state index is 14.0. The molecule has 0 amide bonds. The van der Waals surface area contributed by atoms with Gasteiger partial charge in [0.25, 0.3) is 0 Å². The minimum absolute atomic E-state index is 0.259. The van der Waals surface area contributed by atoms with Crippen molar-refractivity contribution in [2.45, 2.75) is 26.7 Å². The van der Waals surface area contributed by atoms with Crippen LogP contribution in [0.3, 0.4) is 0 Å². The average molecular weight is 348 g/mol. The van der Waals surface area contributed by atoms with Gasteiger partial charge in [-0.2, -0.15) is 5.10 Å². The molecule has 0 aliphatic rings. The zero-order valence-corrected chi connectivity index (χ0v) is 15.1. The lowest BCUT2D eigenvalue weighted by Crippen LogP contribution is -2.01. The van der Waals surface area contributed by atoms with Crippen molar-refractivity contribution in [2.75, 3.05) is 0 Å². The van der Waals surface area contributed by atoms with Crippen LogP contribution in [0.15, 0.2) is 42.6 Å². The van der Waals surface area contributed by atoms with Crippen molar-refractivity contribution in [3.63, 3.8) is 0 Å². The predicted molar refractivity (Wildman–Crippen MR) is 98.5 cm³/mol. The lowest BCUT2D eigenvalue weighted by molar-refractivity contribution is 0.631. The predicted octanol–water partition coefficient (Wildman–Crippen LogP) is 3.67. The van der Waals surface area contributed by atoms with Gasteiger partial charge in [-0.05, 0) is 37.6 Å². The third-order valence-electron chi connectivity index (χ3n) is 4.61. The lowest BCUT2D eigenvalue weighted by atomic mass is 10.1. The van der Waals surface area contributed by atoms with Gasteiger partial charge < -0.3 is 4.57 Å². The van der Waals surface area contributed by atoms with Crippen LogP contribution in [0.2, 0.25) is 0 Å². The van der Waals surface area contributed by atoms with Gasteiger partial charge in [-0.3, -0.25) is 0 Å². The first kappa shape index (κ1) is 16.4. The number of nitrogens with zero attached hydrogens (tertiary/aromatic N) is 5. The van der Waals surface area contributed by atoms with E-state index in [9.17, 15) is 4.39 Å². The molecule has 4 rings (SSSR count). The molecule has 3 aromatic heterocycles. The van der Waals surface area contributed by atoms with E-state index >= 15 is 0 Å². The molecule has 132 valence electrons. The zero-order valence-electron chi connectivity index (χ0n) is 15.1. The van der Waals surface area contributed by atoms with Crippen LogP contribution in [0, 0.1) is 19.7 Å². The summed E-state index contributed by atoms with van der Waals surface area (Å²) in [7, 11) is 1.93. The highest BCUT2D eigenvalue weighted by Crippen LogP contribution is 2.22. The van der Waals surface area contributed by atoms with Crippen molar-refractivity contribution < 1.29 is 4.39 Å². The van der Waals surface area contributed by atoms with Crippen LogP contribution in [-0.2, 0) is 19.9 Å². The van der Waals surface area contributed by atoms with E-state index in [2.05, 4.69) is 21.1 Å². The normalized spacial score (nSPS) is 11.4. The molecule has 26 heavy (non-hydrogen) atoms. The molecule has 0 spiro atoms. The van der Waals surface area contributed by atoms with Crippen molar-refractivity contribution in [1.29, 1.82) is 0 Å². The first-order valence-electron chi connectivity index (χ1n) is 8.62. The summed E-state index contributed by atoms with van der Waals surface area (Å²) in [6.07, 6.45) is 3.24. The number of rotatable bonds is 4. The van der Waals surface area contributed by atoms with Crippen molar-refractivity contribution in [1.82, 2.24) is 24.1 Å². The average Bonchev–Trinajstić information content (AvgIpc) is 3.21. The molecule has 0 aliphatic carbocycles. The van der Waals surface area contributed by atoms with Crippen molar-refractivity contribution in [2.24, 2.45) is 7.05 Å². The summed E-state index contributed by atoms with van der Waals surface area (Å²) >= 11 is 0. The van der Waals surface area contributed by atoms with Crippen LogP contribution in [0.5, 0.6) is 0 Å². The summed E-state index contributed by atoms with van der Waals surface area (Å²) in [6, 6.07) is 10.8. The van der Waals surface area contributed by atoms with Crippen LogP contribution >= 0.6 is 0 Å². The minimum atomic E-state index is -0.259. The molecule has 0 saturated heterocycles. The second-order valence-corrected chi connectivity index (χ2v) is 6.55. The van der Waals surface area contributed by atoms with Gasteiger partial charge in [0.15, 0.2) is 11.5 Å². The van der Waals surface area contributed by atoms with Gasteiger partial charge in [0, 0.05) is 37.3 Å². The molecule has 0 radical (unpaired) electrons. The fourth-order valence-corrected chi connectivity index (χ4v) is 3.11. The highest BCUT2D eigenvalue weighted by molar-refractivity contribution is 5.59. The Morgan fingerprint density at radius 2 is 1.81 bits per heavy atom. The maximum absolute atomic E-state index is 14.0. The fraction of sp³-hybridized carbons (Fsp3) is 0.250. The minimum Gasteiger partial charge on any atom is -0.337 e. The molecular weight excluding hydrogens is 328 g/mol. The van der Waals surface area contributed by atoms with Crippen LogP contribution in [0.1, 0.15) is 22.9 Å². The second kappa shape index (κ2) is 6.37. The van der Waals surface area contributed by atoms with E-state index in [1.807, 2.05) is 48.3 Å². The Hall–Kier alpha value is -3.02. The van der Waals surface area contributed by atoms with Gasteiger partial charge in [0.2, 0.25) is 0 Å². The first-order chi connectivity index (χ1) is 12.5. The highest BCUT2D eigenvalue weighted by atomic mass is 18.2. The molecule has 0 atom stereocenters. The van der Waals surface area contributed by atoms with Crippen LogP contribution < -0.4 is 0 Å². The van der Waals surface area contributed by atoms with Gasteiger partial charge >= 0.3 is 0 Å². The zero-order chi connectivity index (χ0) is 18.3. The Morgan fingerprint density at radius 1 is 1.00 bits per heavy atom. The van der Waals surface area contributed by atoms with Crippen LogP contribution in [0.4, 0.5) is 4.39 Å². The first-order valence-corrected chi connectivity index (χ1v) is 8.62. The van der Waals surface area contributed by atoms with Gasteiger partial charge in [-0.25, -0.2) is 18.9 Å². The van der Waals surface area contributed by atoms with Crippen molar-refractivity contribution in [3.8, 4) is 11.3 Å². The molecule has 6 heteroatoms. The molecule has 0 unspecified atom stereocenters. The third-order valence-corrected chi connectivity index (χ3v) is 4.61. The molecule has 0 saturated carbocycles. The summed E-state index contributed by atoms with van der Waals surface area (Å²) in [4.78, 5) is 9.26. The number of hydrogen-bond acceptors (Lipinski definition) is 3. The maximum Gasteiger partial charge on any atom is 0.158 e. The molecule has 0 fully saturated rings. The Kier molecular flexibility index (Phi) is 4.03. The number of halogens is 1. The number of hydrogen-bond donors (Lipinski definition) is 0. The van der Waals surface area contributed by atoms with Crippen LogP contribution in [-0.4, -0.2) is 24.1 Å². The van der Waals surface area contributed by atoms with Gasteiger partial charge in [0.1, 0.15) is 11.6 Å². The smallest absolute Gasteiger partial charge is 0.158 e. The summed E-state index contributed by atoms with van der Waals surface area (Å²) in [5.74, 6) is 1.42. The molecule has 0 N–H and O–H groups in total. The van der Waals surface area contributed by atoms with E-state index in [0.29, 0.717) is 24.1 Å². The molecular formula is C20H20FN5. The summed E-state index contributed by atoms with van der Waals surface area (Å²) in [5.41, 5.74) is 4.23. The van der Waals surface area contributed by atoms with Crippen molar-refractivity contribution >= 4 is 5.65 Å². The van der Waals surface area contributed by atoms with Gasteiger partial charge in [-0.1, -0.05) is 18.2 Å². The summed E-state index contributed by atoms with van der Waals surface area (Å²) in [5, 5.41) is 4.61. The number of aryl methyl sites for hydroxylation is 5. The van der Waals surface area contributed by atoms with Crippen molar-refractivity contribution in [3.05, 3.63) is 71.3 Å². The number of pyridine rings is 1. The monoisotopic (exact) mass is 348 g/mol. The number of fused-ring (bicyclic) bond motifs is 1. The number of benzene rings is 1. The SMILES string of the molecule is Cc1ccc(C)n2nc(CCc3nc(-c4ccccc4[18F])cn3C)nc12. The van der Waals surface area contributed by atoms with E-state index in [1.165, 1.54) is 6.07 Å². The third kappa shape index (κ3) is 2.87. The highest BCUT2D eigenvalue weighted by Gasteiger charge is 2.13. The molecule has 3 heterocycles. The number of imidazole rings is 1. The Balaban J connectivity index is 1.58. The van der Waals surface area contributed by atoms with E-state index < -0.39 is 0 Å². The largest absolute Gasteiger partial charge is 0.337 e. The van der Waals surface area contributed by atoms with E-state index in [4.69, 9.17) is 0 Å². The van der Waals surface area contributed by atoms with E-state index in [-0.39, 0.29) is 5.82 Å². The Labute approximate surface area is 151 Å². The van der Waals surface area contributed by atoms with E-state index in [1.54, 1.807) is 12.1 Å². The molecule has 0 bridgehead atoms. The quantitative estimate of drug-likeness (QED) is 0.565. The van der Waals surface area contributed by atoms with Gasteiger partial charge in [0.05, 0.1) is 5.69 Å². The summed E-state index contributed by atoms with van der Waals surface area (Å²) < 4.78 is 17.8. The Morgan fingerprint density at radius 3 is 2.58 bits per heavy atom. The molecule has 5 nitrogen and oxygen atoms in total. The summed E-state index contributed by atoms with van der Waals surface area (Å²) in [6.45, 7) is 4.05. The standard InChI is InChI=1S/C20H20FN5/c1-13-8-9-14(2)26-20(13)23-18(24-26)10-11-19-22-17(12-25(19)3)15-6-4-5-7-16(15)21/h4-9,12H,10-11H2,1-3H3/i21-1. The van der Waals surface area contributed by atoms with Gasteiger partial charge in [-0.15, -0.1) is 0 Å². The molecule has 1 aromatic carbocycles.